The number of ether oxygens (including phenoxy) is 3. The van der Waals surface area contributed by atoms with Crippen molar-refractivity contribution in [2.24, 2.45) is 0 Å². The molecule has 0 unspecified atom stereocenters. The molecule has 2 aromatic rings. The fourth-order valence-electron chi connectivity index (χ4n) is 3.61. The van der Waals surface area contributed by atoms with E-state index in [0.29, 0.717) is 26.2 Å². The second-order valence-corrected chi connectivity index (χ2v) is 8.98. The van der Waals surface area contributed by atoms with Crippen molar-refractivity contribution >= 4 is 6.09 Å². The van der Waals surface area contributed by atoms with Crippen molar-refractivity contribution in [3.05, 3.63) is 71.1 Å². The SMILES string of the molecule is [C-]#[N+]C1(N(Cc2ccc(OC)cc2)Cc2ccc(OC)cc2)CN(C(=O)OC(C)(C)C)C1. The molecule has 0 bridgehead atoms. The molecule has 1 heterocycles. The lowest BCUT2D eigenvalue weighted by Crippen LogP contribution is -2.69. The summed E-state index contributed by atoms with van der Waals surface area (Å²) in [6.45, 7) is 15.2. The van der Waals surface area contributed by atoms with Gasteiger partial charge in [-0.1, -0.05) is 24.3 Å². The van der Waals surface area contributed by atoms with Crippen molar-refractivity contribution in [1.29, 1.82) is 0 Å². The number of amides is 1. The monoisotopic (exact) mass is 437 g/mol. The van der Waals surface area contributed by atoms with E-state index in [-0.39, 0.29) is 6.09 Å². The quantitative estimate of drug-likeness (QED) is 0.594. The van der Waals surface area contributed by atoms with Crippen LogP contribution < -0.4 is 9.47 Å². The molecule has 0 radical (unpaired) electrons. The highest BCUT2D eigenvalue weighted by molar-refractivity contribution is 5.70. The van der Waals surface area contributed by atoms with Gasteiger partial charge >= 0.3 is 11.8 Å². The van der Waals surface area contributed by atoms with E-state index < -0.39 is 11.3 Å². The van der Waals surface area contributed by atoms with Gasteiger partial charge in [-0.15, -0.1) is 0 Å². The standard InChI is InChI=1S/C25H31N3O4/c1-24(2,3)32-23(29)27-17-25(18-27,26-4)28(15-19-7-11-21(30-5)12-8-19)16-20-9-13-22(31-6)14-10-20/h7-14H,15-18H2,1-3,5-6H3. The summed E-state index contributed by atoms with van der Waals surface area (Å²) >= 11 is 0. The van der Waals surface area contributed by atoms with Crippen LogP contribution in [-0.2, 0) is 17.8 Å². The Kier molecular flexibility index (Phi) is 6.95. The van der Waals surface area contributed by atoms with Gasteiger partial charge in [-0.2, -0.15) is 0 Å². The van der Waals surface area contributed by atoms with Gasteiger partial charge < -0.3 is 14.2 Å². The molecule has 2 aromatic carbocycles. The Bertz CT molecular complexity index is 903. The van der Waals surface area contributed by atoms with Gasteiger partial charge in [-0.25, -0.2) is 16.3 Å². The summed E-state index contributed by atoms with van der Waals surface area (Å²) in [6.07, 6.45) is -0.384. The Labute approximate surface area is 190 Å². The molecular weight excluding hydrogens is 406 g/mol. The minimum Gasteiger partial charge on any atom is -0.497 e. The number of benzene rings is 2. The molecule has 7 nitrogen and oxygen atoms in total. The summed E-state index contributed by atoms with van der Waals surface area (Å²) in [5, 5.41) is 0. The Morgan fingerprint density at radius 1 is 0.969 bits per heavy atom. The molecule has 32 heavy (non-hydrogen) atoms. The summed E-state index contributed by atoms with van der Waals surface area (Å²) in [6, 6.07) is 15.7. The maximum absolute atomic E-state index is 12.5. The molecule has 1 amide bonds. The van der Waals surface area contributed by atoms with Crippen LogP contribution >= 0.6 is 0 Å². The van der Waals surface area contributed by atoms with Crippen LogP contribution in [0.5, 0.6) is 11.5 Å². The van der Waals surface area contributed by atoms with Gasteiger partial charge in [-0.05, 0) is 56.2 Å². The molecule has 0 aliphatic carbocycles. The molecule has 0 atom stereocenters. The van der Waals surface area contributed by atoms with Crippen molar-refractivity contribution in [1.82, 2.24) is 9.80 Å². The molecule has 1 fully saturated rings. The minimum absolute atomic E-state index is 0.303. The summed E-state index contributed by atoms with van der Waals surface area (Å²) < 4.78 is 16.0. The molecule has 7 heteroatoms. The summed E-state index contributed by atoms with van der Waals surface area (Å²) in [5.74, 6) is 1.57. The van der Waals surface area contributed by atoms with E-state index in [4.69, 9.17) is 20.8 Å². The first-order valence-electron chi connectivity index (χ1n) is 10.6. The number of carbonyl (C=O) groups excluding carboxylic acids is 1. The number of hydrogen-bond acceptors (Lipinski definition) is 5. The molecule has 0 N–H and O–H groups in total. The fraction of sp³-hybridized carbons (Fsp3) is 0.440. The molecule has 1 saturated heterocycles. The first-order valence-corrected chi connectivity index (χ1v) is 10.6. The lowest BCUT2D eigenvalue weighted by molar-refractivity contribution is -0.0499. The van der Waals surface area contributed by atoms with E-state index in [9.17, 15) is 4.79 Å². The minimum atomic E-state index is -0.809. The molecule has 0 spiro atoms. The second kappa shape index (κ2) is 9.49. The summed E-state index contributed by atoms with van der Waals surface area (Å²) in [5.41, 5.74) is 0.756. The first kappa shape index (κ1) is 23.4. The van der Waals surface area contributed by atoms with Crippen LogP contribution in [0.15, 0.2) is 48.5 Å². The van der Waals surface area contributed by atoms with Crippen LogP contribution in [0.1, 0.15) is 31.9 Å². The highest BCUT2D eigenvalue weighted by Crippen LogP contribution is 2.34. The number of hydrogen-bond donors (Lipinski definition) is 0. The van der Waals surface area contributed by atoms with Gasteiger partial charge in [0.1, 0.15) is 30.2 Å². The van der Waals surface area contributed by atoms with Gasteiger partial charge in [-0.3, -0.25) is 9.74 Å². The number of methoxy groups -OCH3 is 2. The van der Waals surface area contributed by atoms with Crippen LogP contribution in [0.4, 0.5) is 4.79 Å². The van der Waals surface area contributed by atoms with Crippen LogP contribution in [-0.4, -0.2) is 54.5 Å². The largest absolute Gasteiger partial charge is 0.497 e. The highest BCUT2D eigenvalue weighted by atomic mass is 16.6. The molecular formula is C25H31N3O4. The van der Waals surface area contributed by atoms with Gasteiger partial charge in [0, 0.05) is 13.1 Å². The Morgan fingerprint density at radius 3 is 1.75 bits per heavy atom. The smallest absolute Gasteiger partial charge is 0.410 e. The third-order valence-electron chi connectivity index (χ3n) is 5.40. The Balaban J connectivity index is 1.81. The van der Waals surface area contributed by atoms with Crippen molar-refractivity contribution in [2.75, 3.05) is 27.3 Å². The van der Waals surface area contributed by atoms with Crippen LogP contribution in [0, 0.1) is 6.57 Å². The van der Waals surface area contributed by atoms with Gasteiger partial charge in [0.05, 0.1) is 14.2 Å². The van der Waals surface area contributed by atoms with Crippen LogP contribution in [0.25, 0.3) is 4.85 Å². The maximum Gasteiger partial charge on any atom is 0.410 e. The van der Waals surface area contributed by atoms with E-state index in [1.807, 2.05) is 69.3 Å². The Hall–Kier alpha value is -3.24. The number of carbonyl (C=O) groups is 1. The lowest BCUT2D eigenvalue weighted by Gasteiger charge is -2.46. The first-order chi connectivity index (χ1) is 15.2. The van der Waals surface area contributed by atoms with Crippen molar-refractivity contribution in [3.63, 3.8) is 0 Å². The number of likely N-dealkylation sites (tertiary alicyclic amines) is 1. The van der Waals surface area contributed by atoms with Crippen molar-refractivity contribution < 1.29 is 19.0 Å². The zero-order valence-corrected chi connectivity index (χ0v) is 19.4. The molecule has 3 rings (SSSR count). The average Bonchev–Trinajstić information content (AvgIpc) is 2.73. The predicted molar refractivity (Wildman–Crippen MR) is 122 cm³/mol. The maximum atomic E-state index is 12.5. The lowest BCUT2D eigenvalue weighted by atomic mass is 9.97. The summed E-state index contributed by atoms with van der Waals surface area (Å²) in [4.78, 5) is 20.2. The average molecular weight is 438 g/mol. The third-order valence-corrected chi connectivity index (χ3v) is 5.40. The van der Waals surface area contributed by atoms with E-state index in [1.165, 1.54) is 0 Å². The van der Waals surface area contributed by atoms with E-state index >= 15 is 0 Å². The van der Waals surface area contributed by atoms with Crippen molar-refractivity contribution in [3.8, 4) is 11.5 Å². The van der Waals surface area contributed by atoms with Crippen molar-refractivity contribution in [2.45, 2.75) is 45.1 Å². The van der Waals surface area contributed by atoms with Crippen LogP contribution in [0.3, 0.4) is 0 Å². The van der Waals surface area contributed by atoms with E-state index in [2.05, 4.69) is 9.74 Å². The third kappa shape index (κ3) is 5.51. The molecule has 1 aliphatic rings. The zero-order chi connectivity index (χ0) is 23.4. The summed E-state index contributed by atoms with van der Waals surface area (Å²) in [7, 11) is 3.27. The van der Waals surface area contributed by atoms with Crippen LogP contribution in [0.2, 0.25) is 0 Å². The highest BCUT2D eigenvalue weighted by Gasteiger charge is 2.57. The molecule has 170 valence electrons. The van der Waals surface area contributed by atoms with Gasteiger partial charge in [0.25, 0.3) is 0 Å². The molecule has 0 aromatic heterocycles. The predicted octanol–water partition coefficient (Wildman–Crippen LogP) is 4.57. The van der Waals surface area contributed by atoms with E-state index in [1.54, 1.807) is 19.1 Å². The normalized spacial score (nSPS) is 15.0. The number of nitrogens with zero attached hydrogens (tertiary/aromatic N) is 3. The van der Waals surface area contributed by atoms with Gasteiger partial charge in [0.15, 0.2) is 0 Å². The molecule has 1 aliphatic heterocycles. The molecule has 0 saturated carbocycles. The Morgan fingerprint density at radius 2 is 1.41 bits per heavy atom. The zero-order valence-electron chi connectivity index (χ0n) is 19.4. The topological polar surface area (TPSA) is 55.6 Å². The second-order valence-electron chi connectivity index (χ2n) is 8.98. The van der Waals surface area contributed by atoms with E-state index in [0.717, 1.165) is 22.6 Å². The van der Waals surface area contributed by atoms with Gasteiger partial charge in [0.2, 0.25) is 0 Å². The fourth-order valence-corrected chi connectivity index (χ4v) is 3.61. The number of rotatable bonds is 7.